The van der Waals surface area contributed by atoms with Gasteiger partial charge >= 0.3 is 5.97 Å². The van der Waals surface area contributed by atoms with Crippen molar-refractivity contribution in [3.05, 3.63) is 0 Å². The Hall–Kier alpha value is -0.610. The third kappa shape index (κ3) is 2.74. The molecule has 2 rings (SSSR count). The van der Waals surface area contributed by atoms with Gasteiger partial charge in [0.15, 0.2) is 6.10 Å². The zero-order chi connectivity index (χ0) is 11.5. The largest absolute Gasteiger partial charge is 0.459 e. The molecule has 1 aliphatic heterocycles. The van der Waals surface area contributed by atoms with Crippen LogP contribution in [0.15, 0.2) is 0 Å². The second kappa shape index (κ2) is 5.15. The van der Waals surface area contributed by atoms with E-state index in [0.29, 0.717) is 0 Å². The molecule has 4 nitrogen and oxygen atoms in total. The van der Waals surface area contributed by atoms with E-state index in [1.54, 1.807) is 0 Å². The molecule has 0 spiro atoms. The van der Waals surface area contributed by atoms with Gasteiger partial charge in [0.1, 0.15) is 6.10 Å². The van der Waals surface area contributed by atoms with E-state index in [1.807, 2.05) is 7.05 Å². The minimum absolute atomic E-state index is 0.0199. The van der Waals surface area contributed by atoms with E-state index >= 15 is 0 Å². The predicted molar refractivity (Wildman–Crippen MR) is 60.0 cm³/mol. The van der Waals surface area contributed by atoms with Crippen molar-refractivity contribution in [2.45, 2.75) is 44.3 Å². The SMILES string of the molecule is CN1CC[C@@H](OC(=O)[C@@H](O)C2CCCC2)C1. The molecular weight excluding hydrogens is 206 g/mol. The highest BCUT2D eigenvalue weighted by molar-refractivity contribution is 5.75. The number of esters is 1. The summed E-state index contributed by atoms with van der Waals surface area (Å²) in [6, 6.07) is 0. The Balaban J connectivity index is 1.78. The highest BCUT2D eigenvalue weighted by Gasteiger charge is 2.32. The second-order valence-electron chi connectivity index (χ2n) is 5.10. The first-order chi connectivity index (χ1) is 7.66. The summed E-state index contributed by atoms with van der Waals surface area (Å²) in [5, 5.41) is 9.86. The van der Waals surface area contributed by atoms with Crippen LogP contribution in [0.1, 0.15) is 32.1 Å². The van der Waals surface area contributed by atoms with E-state index in [0.717, 1.165) is 45.2 Å². The highest BCUT2D eigenvalue weighted by atomic mass is 16.6. The molecule has 1 N–H and O–H groups in total. The van der Waals surface area contributed by atoms with Gasteiger partial charge in [-0.2, -0.15) is 0 Å². The number of ether oxygens (including phenoxy) is 1. The summed E-state index contributed by atoms with van der Waals surface area (Å²) in [5.74, 6) is -0.279. The summed E-state index contributed by atoms with van der Waals surface area (Å²) in [7, 11) is 2.02. The third-order valence-electron chi connectivity index (χ3n) is 3.72. The van der Waals surface area contributed by atoms with Crippen LogP contribution in [0.5, 0.6) is 0 Å². The lowest BCUT2D eigenvalue weighted by Crippen LogP contribution is -2.33. The number of rotatable bonds is 3. The van der Waals surface area contributed by atoms with Gasteiger partial charge < -0.3 is 14.7 Å². The van der Waals surface area contributed by atoms with Crippen LogP contribution >= 0.6 is 0 Å². The lowest BCUT2D eigenvalue weighted by Gasteiger charge is -2.19. The molecule has 0 aromatic rings. The smallest absolute Gasteiger partial charge is 0.335 e. The first-order valence-electron chi connectivity index (χ1n) is 6.24. The monoisotopic (exact) mass is 227 g/mol. The number of hydrogen-bond donors (Lipinski definition) is 1. The maximum Gasteiger partial charge on any atom is 0.335 e. The fourth-order valence-electron chi connectivity index (χ4n) is 2.69. The molecule has 2 atom stereocenters. The number of likely N-dealkylation sites (N-methyl/N-ethyl adjacent to an activating group) is 1. The van der Waals surface area contributed by atoms with Crippen molar-refractivity contribution in [2.24, 2.45) is 5.92 Å². The van der Waals surface area contributed by atoms with Gasteiger partial charge in [0.2, 0.25) is 0 Å². The fraction of sp³-hybridized carbons (Fsp3) is 0.917. The normalized spacial score (nSPS) is 29.5. The fourth-order valence-corrected chi connectivity index (χ4v) is 2.69. The Kier molecular flexibility index (Phi) is 3.82. The first kappa shape index (κ1) is 11.9. The molecular formula is C12H21NO3. The minimum Gasteiger partial charge on any atom is -0.459 e. The van der Waals surface area contributed by atoms with Crippen molar-refractivity contribution >= 4 is 5.97 Å². The van der Waals surface area contributed by atoms with Crippen molar-refractivity contribution in [1.82, 2.24) is 4.90 Å². The number of nitrogens with zero attached hydrogens (tertiary/aromatic N) is 1. The van der Waals surface area contributed by atoms with Crippen LogP contribution in [0.2, 0.25) is 0 Å². The number of carbonyl (C=O) groups excluding carboxylic acids is 1. The lowest BCUT2D eigenvalue weighted by atomic mass is 10.0. The zero-order valence-electron chi connectivity index (χ0n) is 9.89. The first-order valence-corrected chi connectivity index (χ1v) is 6.24. The van der Waals surface area contributed by atoms with Crippen LogP contribution in [-0.2, 0) is 9.53 Å². The Morgan fingerprint density at radius 2 is 2.06 bits per heavy atom. The molecule has 0 aromatic carbocycles. The number of aliphatic hydroxyl groups is 1. The number of likely N-dealkylation sites (tertiary alicyclic amines) is 1. The van der Waals surface area contributed by atoms with Crippen molar-refractivity contribution in [3.63, 3.8) is 0 Å². The molecule has 2 fully saturated rings. The molecule has 4 heteroatoms. The molecule has 2 aliphatic rings. The van der Waals surface area contributed by atoms with Gasteiger partial charge in [-0.15, -0.1) is 0 Å². The molecule has 92 valence electrons. The Morgan fingerprint density at radius 1 is 1.38 bits per heavy atom. The van der Waals surface area contributed by atoms with Crippen LogP contribution in [0.25, 0.3) is 0 Å². The van der Waals surface area contributed by atoms with Gasteiger partial charge in [0.05, 0.1) is 0 Å². The van der Waals surface area contributed by atoms with Gasteiger partial charge in [-0.1, -0.05) is 12.8 Å². The third-order valence-corrected chi connectivity index (χ3v) is 3.72. The van der Waals surface area contributed by atoms with E-state index in [2.05, 4.69) is 4.90 Å². The van der Waals surface area contributed by atoms with Gasteiger partial charge in [-0.05, 0) is 32.2 Å². The molecule has 0 aromatic heterocycles. The van der Waals surface area contributed by atoms with Crippen molar-refractivity contribution < 1.29 is 14.6 Å². The number of carbonyl (C=O) groups is 1. The number of hydrogen-bond acceptors (Lipinski definition) is 4. The number of aliphatic hydroxyl groups excluding tert-OH is 1. The minimum atomic E-state index is -0.895. The maximum absolute atomic E-state index is 11.7. The molecule has 1 saturated heterocycles. The quantitative estimate of drug-likeness (QED) is 0.724. The summed E-state index contributed by atoms with van der Waals surface area (Å²) in [5.41, 5.74) is 0. The van der Waals surface area contributed by atoms with Gasteiger partial charge in [0.25, 0.3) is 0 Å². The van der Waals surface area contributed by atoms with Crippen molar-refractivity contribution in [2.75, 3.05) is 20.1 Å². The van der Waals surface area contributed by atoms with Gasteiger partial charge in [0, 0.05) is 13.1 Å². The highest BCUT2D eigenvalue weighted by Crippen LogP contribution is 2.28. The van der Waals surface area contributed by atoms with Crippen LogP contribution < -0.4 is 0 Å². The van der Waals surface area contributed by atoms with Crippen molar-refractivity contribution in [3.8, 4) is 0 Å². The molecule has 1 heterocycles. The van der Waals surface area contributed by atoms with Crippen molar-refractivity contribution in [1.29, 1.82) is 0 Å². The van der Waals surface area contributed by atoms with Crippen LogP contribution in [0.3, 0.4) is 0 Å². The van der Waals surface area contributed by atoms with Crippen LogP contribution in [0, 0.1) is 5.92 Å². The van der Waals surface area contributed by atoms with Crippen LogP contribution in [0.4, 0.5) is 0 Å². The predicted octanol–water partition coefficient (Wildman–Crippen LogP) is 0.785. The second-order valence-corrected chi connectivity index (χ2v) is 5.10. The average molecular weight is 227 g/mol. The zero-order valence-corrected chi connectivity index (χ0v) is 9.89. The van der Waals surface area contributed by atoms with E-state index in [1.165, 1.54) is 0 Å². The lowest BCUT2D eigenvalue weighted by molar-refractivity contribution is -0.161. The summed E-state index contributed by atoms with van der Waals surface area (Å²) < 4.78 is 5.33. The van der Waals surface area contributed by atoms with E-state index in [9.17, 15) is 9.90 Å². The molecule has 1 aliphatic carbocycles. The van der Waals surface area contributed by atoms with E-state index in [4.69, 9.17) is 4.74 Å². The Labute approximate surface area is 96.6 Å². The molecule has 0 bridgehead atoms. The Morgan fingerprint density at radius 3 is 2.62 bits per heavy atom. The van der Waals surface area contributed by atoms with Gasteiger partial charge in [-0.3, -0.25) is 0 Å². The van der Waals surface area contributed by atoms with E-state index < -0.39 is 12.1 Å². The summed E-state index contributed by atoms with van der Waals surface area (Å²) in [4.78, 5) is 13.8. The summed E-state index contributed by atoms with van der Waals surface area (Å²) in [6.45, 7) is 1.76. The Bertz CT molecular complexity index is 251. The van der Waals surface area contributed by atoms with Crippen LogP contribution in [-0.4, -0.2) is 48.3 Å². The molecule has 0 radical (unpaired) electrons. The molecule has 16 heavy (non-hydrogen) atoms. The summed E-state index contributed by atoms with van der Waals surface area (Å²) >= 11 is 0. The summed E-state index contributed by atoms with van der Waals surface area (Å²) in [6.07, 6.45) is 4.14. The maximum atomic E-state index is 11.7. The topological polar surface area (TPSA) is 49.8 Å². The average Bonchev–Trinajstić information content (AvgIpc) is 2.88. The van der Waals surface area contributed by atoms with E-state index in [-0.39, 0.29) is 12.0 Å². The standard InChI is InChI=1S/C12H21NO3/c1-13-7-6-10(8-13)16-12(15)11(14)9-4-2-3-5-9/h9-11,14H,2-8H2,1H3/t10-,11+/m1/s1. The molecule has 1 saturated carbocycles. The van der Waals surface area contributed by atoms with Gasteiger partial charge in [-0.25, -0.2) is 4.79 Å². The molecule has 0 amide bonds. The molecule has 0 unspecified atom stereocenters.